The first-order valence-electron chi connectivity index (χ1n) is 25.4. The summed E-state index contributed by atoms with van der Waals surface area (Å²) in [5, 5.41) is 12.0. The van der Waals surface area contributed by atoms with Crippen molar-refractivity contribution in [3.8, 4) is 0 Å². The molecule has 0 fully saturated rings. The average Bonchev–Trinajstić information content (AvgIpc) is 3.26. The Bertz CT molecular complexity index is 1250. The number of hydrogen-bond acceptors (Lipinski definition) is 5. The molecule has 0 heterocycles. The van der Waals surface area contributed by atoms with Crippen molar-refractivity contribution in [1.29, 1.82) is 0 Å². The van der Waals surface area contributed by atoms with Crippen LogP contribution in [0.25, 0.3) is 0 Å². The van der Waals surface area contributed by atoms with Crippen molar-refractivity contribution in [2.75, 3.05) is 6.54 Å². The van der Waals surface area contributed by atoms with Gasteiger partial charge in [0, 0.05) is 12.8 Å². The van der Waals surface area contributed by atoms with E-state index in [0.29, 0.717) is 32.2 Å². The zero-order valence-corrected chi connectivity index (χ0v) is 39.9. The summed E-state index contributed by atoms with van der Waals surface area (Å²) in [6, 6.07) is -0.866. The number of unbranched alkanes of at least 4 members (excludes halogenated alkanes) is 17. The Morgan fingerprint density at radius 2 is 0.903 bits per heavy atom. The summed E-state index contributed by atoms with van der Waals surface area (Å²) < 4.78 is 6.05. The van der Waals surface area contributed by atoms with Crippen LogP contribution >= 0.6 is 0 Å². The second-order valence-corrected chi connectivity index (χ2v) is 16.8. The van der Waals surface area contributed by atoms with Gasteiger partial charge in [0.2, 0.25) is 5.91 Å². The van der Waals surface area contributed by atoms with Crippen molar-refractivity contribution in [3.63, 3.8) is 0 Å². The van der Waals surface area contributed by atoms with Crippen molar-refractivity contribution >= 4 is 17.8 Å². The van der Waals surface area contributed by atoms with Crippen molar-refractivity contribution in [1.82, 2.24) is 5.32 Å². The SMILES string of the molecule is CC/C=C\C/C=C\C/C=C\C/C=C\C/C=C\CCCCCCCCCC(=O)OC(CCC/C=C\C/C=C\CCCCCCC)CCCCCCCC(=O)NC(CCCN)C(=O)O. The van der Waals surface area contributed by atoms with Gasteiger partial charge >= 0.3 is 11.9 Å². The van der Waals surface area contributed by atoms with Crippen LogP contribution in [0.15, 0.2) is 85.1 Å². The highest BCUT2D eigenvalue weighted by atomic mass is 16.5. The van der Waals surface area contributed by atoms with Crippen LogP contribution in [0.1, 0.15) is 226 Å². The maximum atomic E-state index is 12.9. The fourth-order valence-electron chi connectivity index (χ4n) is 7.16. The minimum absolute atomic E-state index is 0.0429. The molecular formula is C55H94N2O5. The van der Waals surface area contributed by atoms with Crippen LogP contribution in [0, 0.1) is 0 Å². The number of ether oxygens (including phenoxy) is 1. The van der Waals surface area contributed by atoms with Crippen molar-refractivity contribution in [2.24, 2.45) is 5.73 Å². The minimum Gasteiger partial charge on any atom is -0.480 e. The van der Waals surface area contributed by atoms with Gasteiger partial charge in [-0.1, -0.05) is 176 Å². The predicted octanol–water partition coefficient (Wildman–Crippen LogP) is 15.2. The molecule has 0 spiro atoms. The molecule has 2 unspecified atom stereocenters. The Morgan fingerprint density at radius 3 is 1.40 bits per heavy atom. The fraction of sp³-hybridized carbons (Fsp3) is 0.691. The normalized spacial score (nSPS) is 13.3. The monoisotopic (exact) mass is 863 g/mol. The van der Waals surface area contributed by atoms with Gasteiger partial charge in [0.1, 0.15) is 12.1 Å². The van der Waals surface area contributed by atoms with Gasteiger partial charge in [-0.15, -0.1) is 0 Å². The van der Waals surface area contributed by atoms with E-state index in [9.17, 15) is 19.5 Å². The van der Waals surface area contributed by atoms with E-state index in [2.05, 4.69) is 104 Å². The van der Waals surface area contributed by atoms with E-state index in [1.54, 1.807) is 0 Å². The fourth-order valence-corrected chi connectivity index (χ4v) is 7.16. The molecule has 0 aliphatic heterocycles. The first kappa shape index (κ1) is 58.6. The van der Waals surface area contributed by atoms with E-state index in [0.717, 1.165) is 116 Å². The summed E-state index contributed by atoms with van der Waals surface area (Å²) >= 11 is 0. The van der Waals surface area contributed by atoms with Crippen LogP contribution in [0.2, 0.25) is 0 Å². The Morgan fingerprint density at radius 1 is 0.484 bits per heavy atom. The topological polar surface area (TPSA) is 119 Å². The van der Waals surface area contributed by atoms with E-state index in [1.807, 2.05) is 0 Å². The molecule has 0 aromatic heterocycles. The summed E-state index contributed by atoms with van der Waals surface area (Å²) in [7, 11) is 0. The first-order valence-corrected chi connectivity index (χ1v) is 25.4. The van der Waals surface area contributed by atoms with Crippen molar-refractivity contribution < 1.29 is 24.2 Å². The van der Waals surface area contributed by atoms with Crippen LogP contribution in [-0.4, -0.2) is 41.6 Å². The van der Waals surface area contributed by atoms with E-state index in [1.165, 1.54) is 70.6 Å². The minimum atomic E-state index is -1.01. The number of carboxylic acid groups (broad SMARTS) is 1. The Kier molecular flexibility index (Phi) is 45.9. The molecule has 0 bridgehead atoms. The zero-order valence-electron chi connectivity index (χ0n) is 39.9. The lowest BCUT2D eigenvalue weighted by Gasteiger charge is -2.18. The van der Waals surface area contributed by atoms with E-state index >= 15 is 0 Å². The molecule has 7 nitrogen and oxygen atoms in total. The van der Waals surface area contributed by atoms with Crippen molar-refractivity contribution in [2.45, 2.75) is 238 Å². The number of nitrogens with one attached hydrogen (secondary N) is 1. The number of hydrogen-bond donors (Lipinski definition) is 3. The van der Waals surface area contributed by atoms with Crippen LogP contribution in [0.5, 0.6) is 0 Å². The zero-order chi connectivity index (χ0) is 45.2. The number of carbonyl (C=O) groups is 3. The number of rotatable bonds is 45. The maximum absolute atomic E-state index is 12.9. The Hall–Kier alpha value is -3.45. The molecule has 7 heteroatoms. The molecule has 354 valence electrons. The molecule has 0 rings (SSSR count). The summed E-state index contributed by atoms with van der Waals surface area (Å²) in [5.74, 6) is -1.28. The number of nitrogens with two attached hydrogens (primary N) is 1. The van der Waals surface area contributed by atoms with Gasteiger partial charge in [-0.3, -0.25) is 9.59 Å². The second-order valence-electron chi connectivity index (χ2n) is 16.8. The molecule has 4 N–H and O–H groups in total. The largest absolute Gasteiger partial charge is 0.480 e. The number of amides is 1. The molecule has 62 heavy (non-hydrogen) atoms. The molecule has 2 atom stereocenters. The van der Waals surface area contributed by atoms with E-state index < -0.39 is 12.0 Å². The van der Waals surface area contributed by atoms with Gasteiger partial charge in [-0.2, -0.15) is 0 Å². The van der Waals surface area contributed by atoms with E-state index in [-0.39, 0.29) is 18.0 Å². The molecule has 0 aliphatic rings. The number of esters is 1. The predicted molar refractivity (Wildman–Crippen MR) is 266 cm³/mol. The smallest absolute Gasteiger partial charge is 0.326 e. The third kappa shape index (κ3) is 44.6. The molecule has 0 aromatic carbocycles. The van der Waals surface area contributed by atoms with Gasteiger partial charge in [0.25, 0.3) is 0 Å². The number of aliphatic carboxylic acids is 1. The molecule has 0 aromatic rings. The lowest BCUT2D eigenvalue weighted by Crippen LogP contribution is -2.40. The number of allylic oxidation sites excluding steroid dienone is 14. The molecule has 1 amide bonds. The summed E-state index contributed by atoms with van der Waals surface area (Å²) in [6.45, 7) is 4.82. The number of carbonyl (C=O) groups excluding carboxylic acids is 2. The van der Waals surface area contributed by atoms with Crippen LogP contribution in [0.3, 0.4) is 0 Å². The Labute approximate surface area is 381 Å². The van der Waals surface area contributed by atoms with E-state index in [4.69, 9.17) is 10.5 Å². The molecule has 0 saturated carbocycles. The van der Waals surface area contributed by atoms with Gasteiger partial charge in [0.15, 0.2) is 0 Å². The highest BCUT2D eigenvalue weighted by Gasteiger charge is 2.19. The van der Waals surface area contributed by atoms with Crippen LogP contribution < -0.4 is 11.1 Å². The summed E-state index contributed by atoms with van der Waals surface area (Å²) in [6.07, 6.45) is 64.9. The second kappa shape index (κ2) is 48.6. The average molecular weight is 863 g/mol. The van der Waals surface area contributed by atoms with Crippen LogP contribution in [-0.2, 0) is 19.1 Å². The molecule has 0 aliphatic carbocycles. The highest BCUT2D eigenvalue weighted by Crippen LogP contribution is 2.18. The van der Waals surface area contributed by atoms with Gasteiger partial charge in [-0.25, -0.2) is 4.79 Å². The lowest BCUT2D eigenvalue weighted by atomic mass is 10.0. The molecule has 0 saturated heterocycles. The summed E-state index contributed by atoms with van der Waals surface area (Å²) in [4.78, 5) is 36.5. The molecule has 0 radical (unpaired) electrons. The quantitative estimate of drug-likeness (QED) is 0.0319. The van der Waals surface area contributed by atoms with Gasteiger partial charge in [-0.05, 0) is 129 Å². The third-order valence-corrected chi connectivity index (χ3v) is 10.9. The van der Waals surface area contributed by atoms with Crippen LogP contribution in [0.4, 0.5) is 0 Å². The summed E-state index contributed by atoms with van der Waals surface area (Å²) in [5.41, 5.74) is 5.50. The maximum Gasteiger partial charge on any atom is 0.326 e. The lowest BCUT2D eigenvalue weighted by molar-refractivity contribution is -0.150. The highest BCUT2D eigenvalue weighted by molar-refractivity contribution is 5.83. The van der Waals surface area contributed by atoms with Gasteiger partial charge in [0.05, 0.1) is 0 Å². The Balaban J connectivity index is 4.34. The van der Waals surface area contributed by atoms with Gasteiger partial charge < -0.3 is 20.9 Å². The van der Waals surface area contributed by atoms with Crippen molar-refractivity contribution in [3.05, 3.63) is 85.1 Å². The third-order valence-electron chi connectivity index (χ3n) is 10.9. The standard InChI is InChI=1S/C55H94N2O5/c1-3-5-7-9-11-13-15-17-18-19-20-21-22-23-24-25-26-28-30-32-34-39-43-49-54(59)62-51(45-40-36-33-31-29-27-16-14-12-10-8-6-4-2)46-41-37-35-38-42-48-53(58)57-52(55(60)61)47-44-50-56/h5,7,11,13,16-18,20-21,23-24,27,31,33,51-52H,3-4,6,8-10,12,14-15,19,22,25-26,28-30,32,34-50,56H2,1-2H3,(H,57,58)(H,60,61)/b7-5-,13-11-,18-17-,21-20-,24-23-,27-16-,33-31-. The number of carboxylic acids is 1. The first-order chi connectivity index (χ1) is 30.4. The molecular weight excluding hydrogens is 769 g/mol.